The molecule has 66 valence electrons. The van der Waals surface area contributed by atoms with E-state index in [-0.39, 0.29) is 0 Å². The second-order valence-corrected chi connectivity index (χ2v) is 2.70. The van der Waals surface area contributed by atoms with Crippen LogP contribution in [0.15, 0.2) is 24.3 Å². The third-order valence-corrected chi connectivity index (χ3v) is 1.43. The first kappa shape index (κ1) is 10.8. The smallest absolute Gasteiger partial charge is 0.142 e. The predicted molar refractivity (Wildman–Crippen MR) is 45.6 cm³/mol. The van der Waals surface area contributed by atoms with E-state index in [0.717, 1.165) is 0 Å². The van der Waals surface area contributed by atoms with Crippen molar-refractivity contribution in [3.8, 4) is 0 Å². The minimum Gasteiger partial charge on any atom is -0.142 e. The molecule has 0 unspecified atom stereocenters. The highest BCUT2D eigenvalue weighted by Gasteiger charge is 1.83. The maximum Gasteiger partial charge on any atom is 0.425 e. The molecule has 4 heteroatoms. The van der Waals surface area contributed by atoms with Crippen molar-refractivity contribution in [2.75, 3.05) is 0 Å². The van der Waals surface area contributed by atoms with Crippen molar-refractivity contribution in [3.05, 3.63) is 35.4 Å². The van der Waals surface area contributed by atoms with Crippen LogP contribution in [0.1, 0.15) is 11.1 Å². The molecule has 0 atom stereocenters. The van der Waals surface area contributed by atoms with E-state index in [1.807, 2.05) is 0 Å². The Balaban J connectivity index is 0.000000261. The van der Waals surface area contributed by atoms with Gasteiger partial charge in [0.25, 0.3) is 0 Å². The van der Waals surface area contributed by atoms with Crippen molar-refractivity contribution in [2.45, 2.75) is 13.8 Å². The van der Waals surface area contributed by atoms with Gasteiger partial charge in [0.1, 0.15) is 0 Å². The van der Waals surface area contributed by atoms with Crippen molar-refractivity contribution < 1.29 is 12.6 Å². The monoisotopic (exact) mass is 186 g/mol. The van der Waals surface area contributed by atoms with E-state index >= 15 is 0 Å². The molecule has 1 rings (SSSR count). The van der Waals surface area contributed by atoms with Gasteiger partial charge in [-0.25, -0.2) is 0 Å². The fourth-order valence-corrected chi connectivity index (χ4v) is 0.663. The number of benzene rings is 1. The second-order valence-electron chi connectivity index (χ2n) is 2.29. The van der Waals surface area contributed by atoms with Gasteiger partial charge in [-0.05, 0) is 25.0 Å². The number of rotatable bonds is 0. The van der Waals surface area contributed by atoms with Gasteiger partial charge in [-0.1, -0.05) is 24.3 Å². The van der Waals surface area contributed by atoms with Crippen LogP contribution >= 0.6 is 0 Å². The van der Waals surface area contributed by atoms with Gasteiger partial charge in [-0.3, -0.25) is 0 Å². The molecule has 0 spiro atoms. The van der Waals surface area contributed by atoms with Gasteiger partial charge in [-0.2, -0.15) is 0 Å². The first-order valence-electron chi connectivity index (χ1n) is 3.33. The summed E-state index contributed by atoms with van der Waals surface area (Å²) in [6.07, 6.45) is 0. The van der Waals surface area contributed by atoms with E-state index in [1.165, 1.54) is 11.1 Å². The lowest BCUT2D eigenvalue weighted by Gasteiger charge is -1.93. The zero-order chi connectivity index (χ0) is 9.56. The Hall–Kier alpha value is -1.16. The first-order valence-corrected chi connectivity index (χ1v) is 4.33. The Morgan fingerprint density at radius 3 is 1.33 bits per heavy atom. The van der Waals surface area contributed by atoms with Gasteiger partial charge >= 0.3 is 10.6 Å². The standard InChI is InChI=1S/C8H10.O3S/c1-7-5-3-4-6-8(7)2;1-4(2)3/h3-6H,1-2H3;. The molecule has 0 bridgehead atoms. The summed E-state index contributed by atoms with van der Waals surface area (Å²) in [7, 11) is -3.11. The lowest BCUT2D eigenvalue weighted by Crippen LogP contribution is -1.74. The normalized spacial score (nSPS) is 8.17. The van der Waals surface area contributed by atoms with E-state index in [2.05, 4.69) is 38.1 Å². The van der Waals surface area contributed by atoms with E-state index in [4.69, 9.17) is 12.6 Å². The van der Waals surface area contributed by atoms with Crippen LogP contribution in [0.3, 0.4) is 0 Å². The van der Waals surface area contributed by atoms with Gasteiger partial charge in [0.2, 0.25) is 0 Å². The zero-order valence-electron chi connectivity index (χ0n) is 6.94. The SMILES string of the molecule is Cc1ccccc1C.O=S(=O)=O. The van der Waals surface area contributed by atoms with Crippen molar-refractivity contribution >= 4 is 10.6 Å². The summed E-state index contributed by atoms with van der Waals surface area (Å²) in [5.74, 6) is 0. The van der Waals surface area contributed by atoms with Gasteiger partial charge in [0.05, 0.1) is 0 Å². The van der Waals surface area contributed by atoms with Crippen LogP contribution in [0, 0.1) is 13.8 Å². The molecule has 0 fully saturated rings. The molecule has 1 aromatic rings. The molecular formula is C8H10O3S. The molecule has 0 radical (unpaired) electrons. The Morgan fingerprint density at radius 1 is 0.917 bits per heavy atom. The number of aryl methyl sites for hydroxylation is 2. The summed E-state index contributed by atoms with van der Waals surface area (Å²) < 4.78 is 25.3. The molecule has 0 saturated carbocycles. The molecule has 0 aromatic heterocycles. The van der Waals surface area contributed by atoms with Crippen LogP contribution in [0.25, 0.3) is 0 Å². The summed E-state index contributed by atoms with van der Waals surface area (Å²) in [6.45, 7) is 4.24. The average Bonchev–Trinajstić information content (AvgIpc) is 1.94. The predicted octanol–water partition coefficient (Wildman–Crippen LogP) is 1.30. The van der Waals surface area contributed by atoms with Gasteiger partial charge < -0.3 is 0 Å². The molecule has 0 saturated heterocycles. The van der Waals surface area contributed by atoms with Crippen molar-refractivity contribution in [1.82, 2.24) is 0 Å². The molecule has 1 aromatic carbocycles. The van der Waals surface area contributed by atoms with E-state index in [9.17, 15) is 0 Å². The number of hydrogen-bond donors (Lipinski definition) is 0. The molecule has 0 amide bonds. The molecule has 0 N–H and O–H groups in total. The molecular weight excluding hydrogens is 176 g/mol. The van der Waals surface area contributed by atoms with E-state index in [0.29, 0.717) is 0 Å². The third-order valence-electron chi connectivity index (χ3n) is 1.43. The molecule has 0 aliphatic rings. The lowest BCUT2D eigenvalue weighted by atomic mass is 10.1. The Morgan fingerprint density at radius 2 is 1.17 bits per heavy atom. The first-order chi connectivity index (χ1) is 5.54. The van der Waals surface area contributed by atoms with E-state index < -0.39 is 10.6 Å². The summed E-state index contributed by atoms with van der Waals surface area (Å²) in [6, 6.07) is 8.36. The Bertz CT molecular complexity index is 312. The van der Waals surface area contributed by atoms with Gasteiger partial charge in [0.15, 0.2) is 0 Å². The second kappa shape index (κ2) is 5.49. The summed E-state index contributed by atoms with van der Waals surface area (Å²) in [5.41, 5.74) is 2.74. The van der Waals surface area contributed by atoms with E-state index in [1.54, 1.807) is 0 Å². The molecule has 0 aliphatic carbocycles. The minimum absolute atomic E-state index is 1.37. The van der Waals surface area contributed by atoms with Gasteiger partial charge in [0, 0.05) is 0 Å². The molecule has 12 heavy (non-hydrogen) atoms. The molecule has 0 heterocycles. The zero-order valence-corrected chi connectivity index (χ0v) is 7.76. The largest absolute Gasteiger partial charge is 0.425 e. The van der Waals surface area contributed by atoms with Crippen LogP contribution in [-0.4, -0.2) is 12.6 Å². The summed E-state index contributed by atoms with van der Waals surface area (Å²) >= 11 is 0. The summed E-state index contributed by atoms with van der Waals surface area (Å²) in [4.78, 5) is 0. The van der Waals surface area contributed by atoms with Crippen LogP contribution in [0.2, 0.25) is 0 Å². The molecule has 0 aliphatic heterocycles. The highest BCUT2D eigenvalue weighted by atomic mass is 32.2. The van der Waals surface area contributed by atoms with Gasteiger partial charge in [-0.15, -0.1) is 12.6 Å². The number of hydrogen-bond acceptors (Lipinski definition) is 3. The lowest BCUT2D eigenvalue weighted by molar-refractivity contribution is 0.559. The topological polar surface area (TPSA) is 51.2 Å². The molecule has 3 nitrogen and oxygen atoms in total. The van der Waals surface area contributed by atoms with Crippen LogP contribution in [0.4, 0.5) is 0 Å². The van der Waals surface area contributed by atoms with Crippen molar-refractivity contribution in [1.29, 1.82) is 0 Å². The van der Waals surface area contributed by atoms with Crippen LogP contribution < -0.4 is 0 Å². The quantitative estimate of drug-likeness (QED) is 0.613. The summed E-state index contributed by atoms with van der Waals surface area (Å²) in [5, 5.41) is 0. The maximum absolute atomic E-state index is 8.44. The minimum atomic E-state index is -3.11. The van der Waals surface area contributed by atoms with Crippen molar-refractivity contribution in [3.63, 3.8) is 0 Å². The fourth-order valence-electron chi connectivity index (χ4n) is 0.663. The average molecular weight is 186 g/mol. The third kappa shape index (κ3) is 5.61. The van der Waals surface area contributed by atoms with Crippen LogP contribution in [-0.2, 0) is 10.6 Å². The maximum atomic E-state index is 8.44. The van der Waals surface area contributed by atoms with Crippen molar-refractivity contribution in [2.24, 2.45) is 0 Å². The highest BCUT2D eigenvalue weighted by Crippen LogP contribution is 2.02. The Kier molecular flexibility index (Phi) is 4.96. The highest BCUT2D eigenvalue weighted by molar-refractivity contribution is 7.59. The Labute approximate surface area is 73.1 Å². The van der Waals surface area contributed by atoms with Crippen LogP contribution in [0.5, 0.6) is 0 Å². The fraction of sp³-hybridized carbons (Fsp3) is 0.250.